The smallest absolute Gasteiger partial charge is 0.321 e. The summed E-state index contributed by atoms with van der Waals surface area (Å²) in [6, 6.07) is -0.986. The minimum Gasteiger partial charge on any atom is -0.338 e. The predicted octanol–water partition coefficient (Wildman–Crippen LogP) is 2.26. The number of urea groups is 2. The van der Waals surface area contributed by atoms with E-state index >= 15 is 0 Å². The fourth-order valence-electron chi connectivity index (χ4n) is 1.74. The van der Waals surface area contributed by atoms with Crippen molar-refractivity contribution in [3.8, 4) is 0 Å². The summed E-state index contributed by atoms with van der Waals surface area (Å²) in [6.45, 7) is 7.02. The average molecular weight is 407 g/mol. The number of rotatable bonds is 12. The molecule has 0 aliphatic heterocycles. The highest BCUT2D eigenvalue weighted by Gasteiger charge is 2.08. The van der Waals surface area contributed by atoms with Crippen LogP contribution in [0.15, 0.2) is 0 Å². The van der Waals surface area contributed by atoms with E-state index in [4.69, 9.17) is 0 Å². The molecule has 0 saturated heterocycles. The monoisotopic (exact) mass is 406 g/mol. The average Bonchev–Trinajstić information content (AvgIpc) is 2.54. The van der Waals surface area contributed by atoms with E-state index in [1.165, 1.54) is 21.6 Å². The van der Waals surface area contributed by atoms with Gasteiger partial charge >= 0.3 is 12.1 Å². The van der Waals surface area contributed by atoms with Gasteiger partial charge in [0.25, 0.3) is 0 Å². The molecular formula is C16H30N4O4S2. The summed E-state index contributed by atoms with van der Waals surface area (Å²) in [5.41, 5.74) is 0. The maximum atomic E-state index is 11.6. The molecule has 26 heavy (non-hydrogen) atoms. The minimum atomic E-state index is -0.513. The van der Waals surface area contributed by atoms with Crippen LogP contribution >= 0.6 is 21.6 Å². The molecule has 0 fully saturated rings. The van der Waals surface area contributed by atoms with Crippen molar-refractivity contribution in [1.82, 2.24) is 21.3 Å². The molecule has 0 heterocycles. The number of amides is 6. The van der Waals surface area contributed by atoms with Crippen LogP contribution < -0.4 is 21.3 Å². The van der Waals surface area contributed by atoms with E-state index in [9.17, 15) is 19.2 Å². The lowest BCUT2D eigenvalue weighted by Gasteiger charge is -2.08. The topological polar surface area (TPSA) is 116 Å². The molecule has 6 amide bonds. The maximum Gasteiger partial charge on any atom is 0.321 e. The summed E-state index contributed by atoms with van der Waals surface area (Å²) in [6.07, 6.45) is 2.91. The highest BCUT2D eigenvalue weighted by molar-refractivity contribution is 8.76. The van der Waals surface area contributed by atoms with Crippen LogP contribution in [0, 0.1) is 5.92 Å². The van der Waals surface area contributed by atoms with Crippen LogP contribution in [-0.4, -0.2) is 48.5 Å². The van der Waals surface area contributed by atoms with E-state index in [0.717, 1.165) is 12.8 Å². The van der Waals surface area contributed by atoms with Gasteiger partial charge in [-0.05, 0) is 25.2 Å². The lowest BCUT2D eigenvalue weighted by molar-refractivity contribution is -0.120. The third kappa shape index (κ3) is 16.1. The lowest BCUT2D eigenvalue weighted by atomic mass is 10.1. The molecule has 0 aliphatic rings. The van der Waals surface area contributed by atoms with Crippen LogP contribution in [0.2, 0.25) is 0 Å². The van der Waals surface area contributed by atoms with Gasteiger partial charge in [0, 0.05) is 25.3 Å². The Bertz CT molecular complexity index is 462. The van der Waals surface area contributed by atoms with Crippen LogP contribution in [0.5, 0.6) is 0 Å². The summed E-state index contributed by atoms with van der Waals surface area (Å²) in [5.74, 6) is 0.651. The Morgan fingerprint density at radius 3 is 2.12 bits per heavy atom. The van der Waals surface area contributed by atoms with Crippen LogP contribution in [-0.2, 0) is 9.59 Å². The van der Waals surface area contributed by atoms with E-state index in [1.807, 2.05) is 6.92 Å². The van der Waals surface area contributed by atoms with Crippen molar-refractivity contribution in [2.45, 2.75) is 46.5 Å². The molecule has 10 heteroatoms. The molecule has 8 nitrogen and oxygen atoms in total. The van der Waals surface area contributed by atoms with Gasteiger partial charge in [0.1, 0.15) is 0 Å². The van der Waals surface area contributed by atoms with Crippen LogP contribution in [0.3, 0.4) is 0 Å². The zero-order valence-electron chi connectivity index (χ0n) is 15.7. The van der Waals surface area contributed by atoms with Gasteiger partial charge in [0.2, 0.25) is 11.8 Å². The van der Waals surface area contributed by atoms with Gasteiger partial charge in [-0.3, -0.25) is 20.2 Å². The summed E-state index contributed by atoms with van der Waals surface area (Å²) < 4.78 is 0. The highest BCUT2D eigenvalue weighted by Crippen LogP contribution is 2.19. The van der Waals surface area contributed by atoms with E-state index < -0.39 is 12.1 Å². The Hall–Kier alpha value is -1.42. The molecule has 0 unspecified atom stereocenters. The maximum absolute atomic E-state index is 11.6. The van der Waals surface area contributed by atoms with Crippen molar-refractivity contribution in [1.29, 1.82) is 0 Å². The molecular weight excluding hydrogens is 376 g/mol. The number of carbonyl (C=O) groups excluding carboxylic acids is 4. The van der Waals surface area contributed by atoms with Gasteiger partial charge in [-0.15, -0.1) is 0 Å². The Morgan fingerprint density at radius 1 is 0.885 bits per heavy atom. The number of carbonyl (C=O) groups is 4. The molecule has 0 aromatic heterocycles. The SMILES string of the molecule is CCCC(=O)NC(=O)NCCSSCC(=O)NC(=O)NCCCC(C)C. The molecule has 0 saturated carbocycles. The van der Waals surface area contributed by atoms with Gasteiger partial charge in [0.15, 0.2) is 0 Å². The van der Waals surface area contributed by atoms with Gasteiger partial charge in [0.05, 0.1) is 5.75 Å². The van der Waals surface area contributed by atoms with E-state index in [-0.39, 0.29) is 17.6 Å². The van der Waals surface area contributed by atoms with Gasteiger partial charge in [-0.2, -0.15) is 0 Å². The van der Waals surface area contributed by atoms with Crippen molar-refractivity contribution in [2.24, 2.45) is 5.92 Å². The van der Waals surface area contributed by atoms with Gasteiger partial charge < -0.3 is 10.6 Å². The molecule has 0 radical (unpaired) electrons. The predicted molar refractivity (Wildman–Crippen MR) is 107 cm³/mol. The van der Waals surface area contributed by atoms with E-state index in [0.29, 0.717) is 37.6 Å². The van der Waals surface area contributed by atoms with Crippen molar-refractivity contribution >= 4 is 45.5 Å². The van der Waals surface area contributed by atoms with Gasteiger partial charge in [-0.1, -0.05) is 42.4 Å². The van der Waals surface area contributed by atoms with E-state index in [2.05, 4.69) is 35.1 Å². The molecule has 0 bridgehead atoms. The molecule has 0 rings (SSSR count). The first-order valence-corrected chi connectivity index (χ1v) is 11.2. The molecule has 0 atom stereocenters. The van der Waals surface area contributed by atoms with Crippen molar-refractivity contribution < 1.29 is 19.2 Å². The standard InChI is InChI=1S/C16H30N4O4S2/c1-4-6-13(21)19-16(24)18-9-10-25-26-11-14(22)20-15(23)17-8-5-7-12(2)3/h12H,4-11H2,1-3H3,(H2,17,20,22,23)(H2,18,19,21,24). The lowest BCUT2D eigenvalue weighted by Crippen LogP contribution is -2.40. The zero-order valence-corrected chi connectivity index (χ0v) is 17.3. The number of nitrogens with one attached hydrogen (secondary N) is 4. The Labute approximate surface area is 163 Å². The second kappa shape index (κ2) is 15.8. The summed E-state index contributed by atoms with van der Waals surface area (Å²) in [5, 5.41) is 9.70. The van der Waals surface area contributed by atoms with Crippen LogP contribution in [0.1, 0.15) is 46.5 Å². The second-order valence-electron chi connectivity index (χ2n) is 5.98. The van der Waals surface area contributed by atoms with Crippen molar-refractivity contribution in [3.63, 3.8) is 0 Å². The highest BCUT2D eigenvalue weighted by atomic mass is 33.1. The second-order valence-corrected chi connectivity index (χ2v) is 8.56. The zero-order chi connectivity index (χ0) is 19.8. The molecule has 4 N–H and O–H groups in total. The fourth-order valence-corrected chi connectivity index (χ4v) is 3.48. The first-order valence-electron chi connectivity index (χ1n) is 8.74. The number of hydrogen-bond donors (Lipinski definition) is 4. The van der Waals surface area contributed by atoms with E-state index in [1.54, 1.807) is 0 Å². The Kier molecular flexibility index (Phi) is 14.9. The molecule has 0 aromatic carbocycles. The quantitative estimate of drug-likeness (QED) is 0.292. The summed E-state index contributed by atoms with van der Waals surface area (Å²) in [7, 11) is 2.70. The van der Waals surface area contributed by atoms with Crippen molar-refractivity contribution in [2.75, 3.05) is 24.6 Å². The first kappa shape index (κ1) is 24.6. The van der Waals surface area contributed by atoms with Crippen LogP contribution in [0.4, 0.5) is 9.59 Å². The molecule has 0 spiro atoms. The molecule has 150 valence electrons. The first-order chi connectivity index (χ1) is 12.3. The third-order valence-corrected chi connectivity index (χ3v) is 5.24. The number of imide groups is 2. The minimum absolute atomic E-state index is 0.144. The molecule has 0 aromatic rings. The Morgan fingerprint density at radius 2 is 1.50 bits per heavy atom. The summed E-state index contributed by atoms with van der Waals surface area (Å²) >= 11 is 0. The third-order valence-electron chi connectivity index (χ3n) is 2.97. The van der Waals surface area contributed by atoms with Crippen molar-refractivity contribution in [3.05, 3.63) is 0 Å². The molecule has 0 aliphatic carbocycles. The Balaban J connectivity index is 3.57. The van der Waals surface area contributed by atoms with Crippen LogP contribution in [0.25, 0.3) is 0 Å². The largest absolute Gasteiger partial charge is 0.338 e. The van der Waals surface area contributed by atoms with Gasteiger partial charge in [-0.25, -0.2) is 9.59 Å². The normalized spacial score (nSPS) is 10.3. The summed E-state index contributed by atoms with van der Waals surface area (Å²) in [4.78, 5) is 45.7. The fraction of sp³-hybridized carbons (Fsp3) is 0.750. The number of hydrogen-bond acceptors (Lipinski definition) is 6.